The minimum absolute atomic E-state index is 0.470. The third kappa shape index (κ3) is 3.90. The Morgan fingerprint density at radius 1 is 0.958 bits per heavy atom. The second kappa shape index (κ2) is 7.60. The molecule has 5 nitrogen and oxygen atoms in total. The number of nitrogens with one attached hydrogen (secondary N) is 2. The van der Waals surface area contributed by atoms with E-state index < -0.39 is 47.6 Å². The SMILES string of the molecule is O=C(Nc1ccc(F)c(F)c1F)C(=O)NC(CO)c1ccccc1. The molecule has 0 spiro atoms. The number of hydrogen-bond donors (Lipinski definition) is 3. The van der Waals surface area contributed by atoms with E-state index in [-0.39, 0.29) is 0 Å². The smallest absolute Gasteiger partial charge is 0.313 e. The first-order chi connectivity index (χ1) is 11.4. The maximum atomic E-state index is 13.5. The molecular formula is C16H13F3N2O3. The van der Waals surface area contributed by atoms with Gasteiger partial charge in [0.15, 0.2) is 17.5 Å². The summed E-state index contributed by atoms with van der Waals surface area (Å²) in [6.07, 6.45) is 0. The summed E-state index contributed by atoms with van der Waals surface area (Å²) in [5.41, 5.74) is -0.116. The van der Waals surface area contributed by atoms with Gasteiger partial charge in [-0.3, -0.25) is 9.59 Å². The quantitative estimate of drug-likeness (QED) is 0.588. The number of rotatable bonds is 4. The van der Waals surface area contributed by atoms with E-state index >= 15 is 0 Å². The maximum Gasteiger partial charge on any atom is 0.313 e. The number of aliphatic hydroxyl groups excluding tert-OH is 1. The number of amides is 2. The Hall–Kier alpha value is -2.87. The fourth-order valence-corrected chi connectivity index (χ4v) is 1.95. The van der Waals surface area contributed by atoms with E-state index in [0.717, 1.165) is 6.07 Å². The summed E-state index contributed by atoms with van der Waals surface area (Å²) in [7, 11) is 0. The Balaban J connectivity index is 2.07. The van der Waals surface area contributed by atoms with Crippen LogP contribution in [0.4, 0.5) is 18.9 Å². The highest BCUT2D eigenvalue weighted by atomic mass is 19.2. The molecule has 0 bridgehead atoms. The van der Waals surface area contributed by atoms with Gasteiger partial charge in [-0.2, -0.15) is 0 Å². The molecule has 2 aromatic carbocycles. The van der Waals surface area contributed by atoms with E-state index in [4.69, 9.17) is 0 Å². The second-order valence-corrected chi connectivity index (χ2v) is 4.80. The van der Waals surface area contributed by atoms with Crippen LogP contribution in [0.1, 0.15) is 11.6 Å². The van der Waals surface area contributed by atoms with Gasteiger partial charge in [-0.05, 0) is 17.7 Å². The lowest BCUT2D eigenvalue weighted by atomic mass is 10.1. The van der Waals surface area contributed by atoms with Crippen LogP contribution in [-0.4, -0.2) is 23.5 Å². The van der Waals surface area contributed by atoms with Gasteiger partial charge < -0.3 is 15.7 Å². The predicted molar refractivity (Wildman–Crippen MR) is 79.4 cm³/mol. The molecule has 0 aromatic heterocycles. The molecule has 0 fully saturated rings. The van der Waals surface area contributed by atoms with E-state index in [1.165, 1.54) is 0 Å². The molecule has 2 rings (SSSR count). The molecule has 0 aliphatic carbocycles. The average Bonchev–Trinajstić information content (AvgIpc) is 2.60. The van der Waals surface area contributed by atoms with Gasteiger partial charge in [0.05, 0.1) is 18.3 Å². The van der Waals surface area contributed by atoms with Gasteiger partial charge in [0.2, 0.25) is 0 Å². The average molecular weight is 338 g/mol. The number of aliphatic hydroxyl groups is 1. The van der Waals surface area contributed by atoms with Crippen molar-refractivity contribution in [2.75, 3.05) is 11.9 Å². The molecule has 8 heteroatoms. The minimum atomic E-state index is -1.76. The Morgan fingerprint density at radius 2 is 1.62 bits per heavy atom. The van der Waals surface area contributed by atoms with Crippen molar-refractivity contribution in [1.82, 2.24) is 5.32 Å². The van der Waals surface area contributed by atoms with Gasteiger partial charge in [-0.1, -0.05) is 30.3 Å². The molecule has 0 aliphatic rings. The van der Waals surface area contributed by atoms with E-state index in [0.29, 0.717) is 11.6 Å². The van der Waals surface area contributed by atoms with Gasteiger partial charge in [0, 0.05) is 0 Å². The lowest BCUT2D eigenvalue weighted by molar-refractivity contribution is -0.136. The topological polar surface area (TPSA) is 78.4 Å². The molecule has 0 heterocycles. The van der Waals surface area contributed by atoms with Gasteiger partial charge in [0.1, 0.15) is 0 Å². The standard InChI is InChI=1S/C16H13F3N2O3/c17-10-6-7-11(14(19)13(10)18)20-15(23)16(24)21-12(8-22)9-4-2-1-3-5-9/h1-7,12,22H,8H2,(H,20,23)(H,21,24). The van der Waals surface area contributed by atoms with Crippen LogP contribution in [0.15, 0.2) is 42.5 Å². The molecule has 1 atom stereocenters. The number of benzene rings is 2. The zero-order valence-corrected chi connectivity index (χ0v) is 12.2. The number of halogens is 3. The Labute approximate surface area is 135 Å². The van der Waals surface area contributed by atoms with Crippen LogP contribution in [0, 0.1) is 17.5 Å². The summed E-state index contributed by atoms with van der Waals surface area (Å²) in [6.45, 7) is -0.470. The second-order valence-electron chi connectivity index (χ2n) is 4.80. The van der Waals surface area contributed by atoms with Crippen molar-refractivity contribution in [3.63, 3.8) is 0 Å². The zero-order valence-electron chi connectivity index (χ0n) is 12.2. The van der Waals surface area contributed by atoms with E-state index in [9.17, 15) is 27.9 Å². The first kappa shape index (κ1) is 17.5. The summed E-state index contributed by atoms with van der Waals surface area (Å²) in [5, 5.41) is 13.4. The monoisotopic (exact) mass is 338 g/mol. The molecule has 2 amide bonds. The Bertz CT molecular complexity index is 754. The molecule has 126 valence electrons. The molecule has 0 aliphatic heterocycles. The fraction of sp³-hybridized carbons (Fsp3) is 0.125. The van der Waals surface area contributed by atoms with Crippen LogP contribution in [0.25, 0.3) is 0 Å². The van der Waals surface area contributed by atoms with Crippen LogP contribution in [0.5, 0.6) is 0 Å². The summed E-state index contributed by atoms with van der Waals surface area (Å²) in [4.78, 5) is 23.6. The zero-order chi connectivity index (χ0) is 17.7. The molecule has 0 saturated heterocycles. The number of anilines is 1. The van der Waals surface area contributed by atoms with Gasteiger partial charge in [-0.15, -0.1) is 0 Å². The van der Waals surface area contributed by atoms with Crippen molar-refractivity contribution >= 4 is 17.5 Å². The highest BCUT2D eigenvalue weighted by molar-refractivity contribution is 6.39. The number of carbonyl (C=O) groups is 2. The first-order valence-electron chi connectivity index (χ1n) is 6.85. The molecule has 24 heavy (non-hydrogen) atoms. The third-order valence-corrected chi connectivity index (χ3v) is 3.18. The lowest BCUT2D eigenvalue weighted by Crippen LogP contribution is -2.39. The van der Waals surface area contributed by atoms with Gasteiger partial charge in [-0.25, -0.2) is 13.2 Å². The van der Waals surface area contributed by atoms with Crippen molar-refractivity contribution in [2.45, 2.75) is 6.04 Å². The maximum absolute atomic E-state index is 13.5. The minimum Gasteiger partial charge on any atom is -0.394 e. The van der Waals surface area contributed by atoms with Crippen molar-refractivity contribution < 1.29 is 27.9 Å². The van der Waals surface area contributed by atoms with Crippen LogP contribution in [-0.2, 0) is 9.59 Å². The summed E-state index contributed by atoms with van der Waals surface area (Å²) in [6, 6.07) is 8.92. The van der Waals surface area contributed by atoms with E-state index in [2.05, 4.69) is 5.32 Å². The van der Waals surface area contributed by atoms with E-state index in [1.807, 2.05) is 5.32 Å². The van der Waals surface area contributed by atoms with Gasteiger partial charge in [0.25, 0.3) is 0 Å². The van der Waals surface area contributed by atoms with Crippen LogP contribution in [0.2, 0.25) is 0 Å². The number of hydrogen-bond acceptors (Lipinski definition) is 3. The Morgan fingerprint density at radius 3 is 2.25 bits per heavy atom. The van der Waals surface area contributed by atoms with Crippen LogP contribution >= 0.6 is 0 Å². The third-order valence-electron chi connectivity index (χ3n) is 3.18. The van der Waals surface area contributed by atoms with Crippen molar-refractivity contribution in [2.24, 2.45) is 0 Å². The molecule has 0 radical (unpaired) electrons. The normalized spacial score (nSPS) is 11.7. The molecule has 3 N–H and O–H groups in total. The number of carbonyl (C=O) groups excluding carboxylic acids is 2. The first-order valence-corrected chi connectivity index (χ1v) is 6.85. The lowest BCUT2D eigenvalue weighted by Gasteiger charge is -2.16. The molecule has 1 unspecified atom stereocenters. The predicted octanol–water partition coefficient (Wildman–Crippen LogP) is 1.89. The van der Waals surface area contributed by atoms with Crippen LogP contribution in [0.3, 0.4) is 0 Å². The van der Waals surface area contributed by atoms with Gasteiger partial charge >= 0.3 is 11.8 Å². The molecular weight excluding hydrogens is 325 g/mol. The Kier molecular flexibility index (Phi) is 5.54. The van der Waals surface area contributed by atoms with Crippen molar-refractivity contribution in [1.29, 1.82) is 0 Å². The molecule has 0 saturated carbocycles. The highest BCUT2D eigenvalue weighted by Crippen LogP contribution is 2.19. The fourth-order valence-electron chi connectivity index (χ4n) is 1.95. The highest BCUT2D eigenvalue weighted by Gasteiger charge is 2.22. The molecule has 2 aromatic rings. The summed E-state index contributed by atoms with van der Waals surface area (Å²) < 4.78 is 39.4. The van der Waals surface area contributed by atoms with Crippen LogP contribution < -0.4 is 10.6 Å². The van der Waals surface area contributed by atoms with Crippen molar-refractivity contribution in [3.05, 3.63) is 65.5 Å². The van der Waals surface area contributed by atoms with E-state index in [1.54, 1.807) is 30.3 Å². The summed E-state index contributed by atoms with van der Waals surface area (Å²) in [5.74, 6) is -7.24. The largest absolute Gasteiger partial charge is 0.394 e. The van der Waals surface area contributed by atoms with Crippen molar-refractivity contribution in [3.8, 4) is 0 Å². The summed E-state index contributed by atoms with van der Waals surface area (Å²) >= 11 is 0.